The SMILES string of the molecule is Cc1ccc(Nc2c(NSC3CC3c3ccc(Cl)c(C(F)(F)F)c3)cc(C)c(=O)n2C)c(F)c1. The van der Waals surface area contributed by atoms with E-state index >= 15 is 0 Å². The number of aryl methyl sites for hydroxylation is 2. The van der Waals surface area contributed by atoms with Crippen LogP contribution in [0.5, 0.6) is 0 Å². The van der Waals surface area contributed by atoms with Gasteiger partial charge in [0, 0.05) is 17.9 Å². The monoisotopic (exact) mass is 511 g/mol. The third-order valence-electron chi connectivity index (χ3n) is 5.75. The van der Waals surface area contributed by atoms with Crippen LogP contribution < -0.4 is 15.6 Å². The van der Waals surface area contributed by atoms with Gasteiger partial charge in [-0.2, -0.15) is 13.2 Å². The Bertz CT molecular complexity index is 1310. The fraction of sp³-hybridized carbons (Fsp3) is 0.292. The molecule has 1 aliphatic rings. The molecule has 1 saturated carbocycles. The van der Waals surface area contributed by atoms with Gasteiger partial charge in [0.05, 0.1) is 22.0 Å². The van der Waals surface area contributed by atoms with Crippen LogP contribution in [0.1, 0.15) is 34.6 Å². The van der Waals surface area contributed by atoms with Crippen LogP contribution >= 0.6 is 23.5 Å². The minimum atomic E-state index is -4.51. The number of hydrogen-bond acceptors (Lipinski definition) is 4. The maximum Gasteiger partial charge on any atom is 0.417 e. The van der Waals surface area contributed by atoms with Gasteiger partial charge < -0.3 is 10.0 Å². The van der Waals surface area contributed by atoms with Crippen LogP contribution in [0.2, 0.25) is 5.02 Å². The van der Waals surface area contributed by atoms with E-state index < -0.39 is 17.6 Å². The van der Waals surface area contributed by atoms with Crippen molar-refractivity contribution in [1.29, 1.82) is 0 Å². The van der Waals surface area contributed by atoms with Crippen LogP contribution in [-0.2, 0) is 13.2 Å². The number of halogens is 5. The van der Waals surface area contributed by atoms with Crippen molar-refractivity contribution in [3.8, 4) is 0 Å². The van der Waals surface area contributed by atoms with Gasteiger partial charge in [-0.05, 0) is 79.6 Å². The van der Waals surface area contributed by atoms with Crippen LogP contribution in [0, 0.1) is 19.7 Å². The molecule has 2 unspecified atom stereocenters. The first-order valence-electron chi connectivity index (χ1n) is 10.5. The van der Waals surface area contributed by atoms with Crippen molar-refractivity contribution in [1.82, 2.24) is 4.57 Å². The van der Waals surface area contributed by atoms with Crippen molar-refractivity contribution in [3.05, 3.63) is 85.9 Å². The van der Waals surface area contributed by atoms with E-state index in [1.54, 1.807) is 45.2 Å². The Morgan fingerprint density at radius 2 is 1.82 bits per heavy atom. The summed E-state index contributed by atoms with van der Waals surface area (Å²) in [6.45, 7) is 3.46. The highest BCUT2D eigenvalue weighted by molar-refractivity contribution is 8.01. The lowest BCUT2D eigenvalue weighted by molar-refractivity contribution is -0.137. The molecular formula is C24H22ClF4N3OS. The molecule has 2 N–H and O–H groups in total. The molecule has 3 aromatic rings. The third kappa shape index (κ3) is 5.05. The Morgan fingerprint density at radius 1 is 1.09 bits per heavy atom. The van der Waals surface area contributed by atoms with Crippen LogP contribution in [0.15, 0.2) is 47.3 Å². The molecule has 10 heteroatoms. The van der Waals surface area contributed by atoms with Crippen LogP contribution in [-0.4, -0.2) is 9.82 Å². The summed E-state index contributed by atoms with van der Waals surface area (Å²) in [6, 6.07) is 10.4. The third-order valence-corrected chi connectivity index (χ3v) is 7.24. The van der Waals surface area contributed by atoms with Gasteiger partial charge in [0.15, 0.2) is 0 Å². The highest BCUT2D eigenvalue weighted by Crippen LogP contribution is 2.51. The fourth-order valence-corrected chi connectivity index (χ4v) is 5.04. The number of pyridine rings is 1. The molecule has 4 rings (SSSR count). The number of nitrogens with zero attached hydrogens (tertiary/aromatic N) is 1. The van der Waals surface area contributed by atoms with E-state index in [0.29, 0.717) is 29.1 Å². The van der Waals surface area contributed by atoms with Gasteiger partial charge in [-0.1, -0.05) is 23.7 Å². The molecule has 0 spiro atoms. The maximum absolute atomic E-state index is 14.4. The Labute approximate surface area is 203 Å². The molecule has 2 atom stereocenters. The lowest BCUT2D eigenvalue weighted by Gasteiger charge is -2.18. The van der Waals surface area contributed by atoms with E-state index in [1.165, 1.54) is 28.6 Å². The summed E-state index contributed by atoms with van der Waals surface area (Å²) in [5, 5.41) is 2.71. The van der Waals surface area contributed by atoms with Gasteiger partial charge in [-0.3, -0.25) is 9.36 Å². The largest absolute Gasteiger partial charge is 0.417 e. The molecule has 1 fully saturated rings. The van der Waals surface area contributed by atoms with Crippen molar-refractivity contribution in [2.45, 2.75) is 37.6 Å². The molecule has 1 aliphatic carbocycles. The van der Waals surface area contributed by atoms with Gasteiger partial charge in [0.25, 0.3) is 5.56 Å². The average molecular weight is 512 g/mol. The topological polar surface area (TPSA) is 46.1 Å². The predicted octanol–water partition coefficient (Wildman–Crippen LogP) is 7.17. The molecule has 2 aromatic carbocycles. The van der Waals surface area contributed by atoms with Crippen molar-refractivity contribution < 1.29 is 17.6 Å². The first-order valence-corrected chi connectivity index (χ1v) is 11.7. The second kappa shape index (κ2) is 9.19. The van der Waals surface area contributed by atoms with Crippen molar-refractivity contribution in [2.75, 3.05) is 10.0 Å². The van der Waals surface area contributed by atoms with E-state index in [4.69, 9.17) is 11.6 Å². The van der Waals surface area contributed by atoms with Gasteiger partial charge in [-0.25, -0.2) is 4.39 Å². The fourth-order valence-electron chi connectivity index (χ4n) is 3.75. The standard InChI is InChI=1S/C24H22ClF4N3OS/c1-12-4-7-19(18(26)8-12)30-22-20(9-13(2)23(33)32(22)3)31-34-21-11-15(21)14-5-6-17(25)16(10-14)24(27,28)29/h4-10,15,21,30-31H,11H2,1-3H3. The molecule has 1 heterocycles. The minimum Gasteiger partial charge on any atom is -0.337 e. The Morgan fingerprint density at radius 3 is 2.50 bits per heavy atom. The summed E-state index contributed by atoms with van der Waals surface area (Å²) >= 11 is 7.09. The van der Waals surface area contributed by atoms with Crippen LogP contribution in [0.4, 0.5) is 34.8 Å². The molecule has 180 valence electrons. The number of rotatable bonds is 6. The molecule has 0 aliphatic heterocycles. The van der Waals surface area contributed by atoms with Crippen LogP contribution in [0.25, 0.3) is 0 Å². The zero-order valence-corrected chi connectivity index (χ0v) is 20.1. The number of nitrogens with one attached hydrogen (secondary N) is 2. The normalized spacial score (nSPS) is 17.5. The highest BCUT2D eigenvalue weighted by atomic mass is 35.5. The zero-order valence-electron chi connectivity index (χ0n) is 18.6. The van der Waals surface area contributed by atoms with E-state index in [9.17, 15) is 22.4 Å². The highest BCUT2D eigenvalue weighted by Gasteiger charge is 2.41. The van der Waals surface area contributed by atoms with Gasteiger partial charge >= 0.3 is 6.18 Å². The van der Waals surface area contributed by atoms with Gasteiger partial charge in [-0.15, -0.1) is 0 Å². The lowest BCUT2D eigenvalue weighted by Crippen LogP contribution is -2.22. The Balaban J connectivity index is 1.54. The van der Waals surface area contributed by atoms with E-state index in [2.05, 4.69) is 10.0 Å². The van der Waals surface area contributed by atoms with Crippen molar-refractivity contribution in [2.24, 2.45) is 7.05 Å². The molecule has 1 aromatic heterocycles. The average Bonchev–Trinajstić information content (AvgIpc) is 3.53. The first kappa shape index (κ1) is 24.5. The summed E-state index contributed by atoms with van der Waals surface area (Å²) in [6.07, 6.45) is -3.82. The number of benzene rings is 2. The lowest BCUT2D eigenvalue weighted by atomic mass is 10.1. The molecule has 0 bridgehead atoms. The second-order valence-corrected chi connectivity index (χ2v) is 9.85. The molecule has 0 saturated heterocycles. The smallest absolute Gasteiger partial charge is 0.337 e. The Hall–Kier alpha value is -2.65. The van der Waals surface area contributed by atoms with E-state index in [0.717, 1.165) is 11.6 Å². The zero-order chi connectivity index (χ0) is 24.8. The van der Waals surface area contributed by atoms with Gasteiger partial charge in [0.2, 0.25) is 0 Å². The number of aromatic nitrogens is 1. The first-order chi connectivity index (χ1) is 16.0. The summed E-state index contributed by atoms with van der Waals surface area (Å²) in [7, 11) is 1.59. The van der Waals surface area contributed by atoms with Crippen LogP contribution in [0.3, 0.4) is 0 Å². The number of alkyl halides is 3. The minimum absolute atomic E-state index is 0.0313. The number of anilines is 3. The molecule has 4 nitrogen and oxygen atoms in total. The second-order valence-electron chi connectivity index (χ2n) is 8.40. The quantitative estimate of drug-likeness (QED) is 0.272. The van der Waals surface area contributed by atoms with E-state index in [-0.39, 0.29) is 27.4 Å². The molecular weight excluding hydrogens is 490 g/mol. The maximum atomic E-state index is 14.4. The summed E-state index contributed by atoms with van der Waals surface area (Å²) in [5.41, 5.74) is 1.58. The predicted molar refractivity (Wildman–Crippen MR) is 130 cm³/mol. The van der Waals surface area contributed by atoms with E-state index in [1.807, 2.05) is 0 Å². The number of hydrogen-bond donors (Lipinski definition) is 2. The summed E-state index contributed by atoms with van der Waals surface area (Å²) in [5.74, 6) is -0.124. The van der Waals surface area contributed by atoms with Gasteiger partial charge in [0.1, 0.15) is 11.6 Å². The van der Waals surface area contributed by atoms with Crippen molar-refractivity contribution >= 4 is 40.7 Å². The molecule has 0 radical (unpaired) electrons. The molecule has 34 heavy (non-hydrogen) atoms. The molecule has 0 amide bonds. The van der Waals surface area contributed by atoms with Crippen molar-refractivity contribution in [3.63, 3.8) is 0 Å². The summed E-state index contributed by atoms with van der Waals surface area (Å²) < 4.78 is 58.6. The summed E-state index contributed by atoms with van der Waals surface area (Å²) in [4.78, 5) is 12.5. The Kier molecular flexibility index (Phi) is 6.61.